The van der Waals surface area contributed by atoms with Crippen molar-refractivity contribution in [3.63, 3.8) is 0 Å². The van der Waals surface area contributed by atoms with Gasteiger partial charge in [-0.25, -0.2) is 0 Å². The number of thioether (sulfide) groups is 1. The maximum atomic E-state index is 8.47. The molecule has 0 saturated carbocycles. The van der Waals surface area contributed by atoms with Crippen molar-refractivity contribution >= 4 is 11.8 Å². The third-order valence-electron chi connectivity index (χ3n) is 2.19. The lowest BCUT2D eigenvalue weighted by atomic mass is 10.0. The Hall–Kier alpha value is -0.980. The van der Waals surface area contributed by atoms with E-state index in [1.807, 2.05) is 11.8 Å². The summed E-state index contributed by atoms with van der Waals surface area (Å²) in [5, 5.41) is 8.47. The molecule has 0 amide bonds. The lowest BCUT2D eigenvalue weighted by Gasteiger charge is -2.10. The van der Waals surface area contributed by atoms with Gasteiger partial charge >= 0.3 is 0 Å². The molecule has 0 saturated heterocycles. The van der Waals surface area contributed by atoms with Crippen molar-refractivity contribution in [2.75, 3.05) is 5.75 Å². The zero-order valence-corrected chi connectivity index (χ0v) is 9.76. The Kier molecular flexibility index (Phi) is 5.23. The minimum Gasteiger partial charge on any atom is -0.324 e. The highest BCUT2D eigenvalue weighted by Crippen LogP contribution is 2.21. The van der Waals surface area contributed by atoms with Crippen LogP contribution in [0.1, 0.15) is 31.4 Å². The minimum atomic E-state index is -0.00896. The number of hydrogen-bond donors (Lipinski definition) is 1. The summed E-state index contributed by atoms with van der Waals surface area (Å²) in [4.78, 5) is 1.27. The van der Waals surface area contributed by atoms with Gasteiger partial charge in [0.2, 0.25) is 0 Å². The Morgan fingerprint density at radius 3 is 2.60 bits per heavy atom. The maximum Gasteiger partial charge on any atom is 0.0622 e. The maximum absolute atomic E-state index is 8.47. The molecule has 0 bridgehead atoms. The van der Waals surface area contributed by atoms with Gasteiger partial charge in [0.1, 0.15) is 0 Å². The Balaban J connectivity index is 2.59. The predicted molar refractivity (Wildman–Crippen MR) is 64.6 cm³/mol. The third-order valence-corrected chi connectivity index (χ3v) is 3.08. The SMILES string of the molecule is CCSc1ccc(C(N)CCC#N)cc1. The molecular formula is C12H16N2S. The zero-order chi connectivity index (χ0) is 11.1. The van der Waals surface area contributed by atoms with Gasteiger partial charge in [0.15, 0.2) is 0 Å². The molecule has 2 nitrogen and oxygen atoms in total. The number of rotatable bonds is 5. The van der Waals surface area contributed by atoms with E-state index >= 15 is 0 Å². The molecule has 0 aliphatic heterocycles. The van der Waals surface area contributed by atoms with Crippen molar-refractivity contribution in [2.24, 2.45) is 5.73 Å². The summed E-state index contributed by atoms with van der Waals surface area (Å²) >= 11 is 1.82. The van der Waals surface area contributed by atoms with Crippen LogP contribution in [0.25, 0.3) is 0 Å². The largest absolute Gasteiger partial charge is 0.324 e. The van der Waals surface area contributed by atoms with Gasteiger partial charge in [-0.1, -0.05) is 19.1 Å². The van der Waals surface area contributed by atoms with Gasteiger partial charge in [-0.3, -0.25) is 0 Å². The van der Waals surface area contributed by atoms with E-state index in [0.717, 1.165) is 17.7 Å². The molecule has 0 aliphatic carbocycles. The molecule has 1 aromatic carbocycles. The lowest BCUT2D eigenvalue weighted by molar-refractivity contribution is 0.664. The topological polar surface area (TPSA) is 49.8 Å². The molecule has 1 unspecified atom stereocenters. The van der Waals surface area contributed by atoms with E-state index in [2.05, 4.69) is 37.3 Å². The molecule has 80 valence electrons. The van der Waals surface area contributed by atoms with Crippen LogP contribution >= 0.6 is 11.8 Å². The Morgan fingerprint density at radius 2 is 2.07 bits per heavy atom. The number of nitrogens with zero attached hydrogens (tertiary/aromatic N) is 1. The smallest absolute Gasteiger partial charge is 0.0622 e. The highest BCUT2D eigenvalue weighted by molar-refractivity contribution is 7.99. The van der Waals surface area contributed by atoms with E-state index in [-0.39, 0.29) is 6.04 Å². The van der Waals surface area contributed by atoms with E-state index in [1.165, 1.54) is 4.90 Å². The summed E-state index contributed by atoms with van der Waals surface area (Å²) in [5.74, 6) is 1.08. The second-order valence-electron chi connectivity index (χ2n) is 3.31. The summed E-state index contributed by atoms with van der Waals surface area (Å²) in [5.41, 5.74) is 7.06. The molecule has 15 heavy (non-hydrogen) atoms. The molecule has 2 N–H and O–H groups in total. The standard InChI is InChI=1S/C12H16N2S/c1-2-15-11-7-5-10(6-8-11)12(14)4-3-9-13/h5-8,12H,2-4,14H2,1H3. The van der Waals surface area contributed by atoms with E-state index < -0.39 is 0 Å². The number of benzene rings is 1. The van der Waals surface area contributed by atoms with Crippen molar-refractivity contribution in [2.45, 2.75) is 30.7 Å². The highest BCUT2D eigenvalue weighted by Gasteiger charge is 2.04. The van der Waals surface area contributed by atoms with Gasteiger partial charge < -0.3 is 5.73 Å². The van der Waals surface area contributed by atoms with Gasteiger partial charge in [0.05, 0.1) is 6.07 Å². The summed E-state index contributed by atoms with van der Waals surface area (Å²) in [6.07, 6.45) is 1.25. The second kappa shape index (κ2) is 6.49. The number of nitriles is 1. The highest BCUT2D eigenvalue weighted by atomic mass is 32.2. The summed E-state index contributed by atoms with van der Waals surface area (Å²) < 4.78 is 0. The van der Waals surface area contributed by atoms with Crippen LogP contribution in [0.2, 0.25) is 0 Å². The summed E-state index contributed by atoms with van der Waals surface area (Å²) in [6.45, 7) is 2.14. The van der Waals surface area contributed by atoms with E-state index in [4.69, 9.17) is 11.0 Å². The fourth-order valence-corrected chi connectivity index (χ4v) is 2.03. The molecule has 0 aromatic heterocycles. The average molecular weight is 220 g/mol. The first kappa shape index (κ1) is 12.1. The van der Waals surface area contributed by atoms with Crippen molar-refractivity contribution in [3.05, 3.63) is 29.8 Å². The van der Waals surface area contributed by atoms with E-state index in [1.54, 1.807) is 0 Å². The lowest BCUT2D eigenvalue weighted by Crippen LogP contribution is -2.09. The van der Waals surface area contributed by atoms with Gasteiger partial charge in [-0.05, 0) is 29.9 Å². The molecule has 1 atom stereocenters. The molecule has 1 rings (SSSR count). The Labute approximate surface area is 95.5 Å². The van der Waals surface area contributed by atoms with Crippen molar-refractivity contribution < 1.29 is 0 Å². The van der Waals surface area contributed by atoms with Crippen LogP contribution in [0.15, 0.2) is 29.2 Å². The first-order valence-electron chi connectivity index (χ1n) is 5.13. The predicted octanol–water partition coefficient (Wildman–Crippen LogP) is 3.10. The number of hydrogen-bond acceptors (Lipinski definition) is 3. The van der Waals surface area contributed by atoms with Crippen molar-refractivity contribution in [3.8, 4) is 6.07 Å². The molecule has 0 radical (unpaired) electrons. The van der Waals surface area contributed by atoms with E-state index in [0.29, 0.717) is 6.42 Å². The van der Waals surface area contributed by atoms with Gasteiger partial charge in [-0.2, -0.15) is 5.26 Å². The average Bonchev–Trinajstić information content (AvgIpc) is 2.27. The summed E-state index contributed by atoms with van der Waals surface area (Å²) in [7, 11) is 0. The molecule has 0 spiro atoms. The normalized spacial score (nSPS) is 12.1. The van der Waals surface area contributed by atoms with Crippen LogP contribution in [0.4, 0.5) is 0 Å². The Bertz CT molecular complexity index is 326. The fourth-order valence-electron chi connectivity index (χ4n) is 1.36. The van der Waals surface area contributed by atoms with Crippen LogP contribution < -0.4 is 5.73 Å². The van der Waals surface area contributed by atoms with Crippen molar-refractivity contribution in [1.82, 2.24) is 0 Å². The molecule has 3 heteroatoms. The second-order valence-corrected chi connectivity index (χ2v) is 4.64. The Morgan fingerprint density at radius 1 is 1.40 bits per heavy atom. The van der Waals surface area contributed by atoms with Gasteiger partial charge in [0.25, 0.3) is 0 Å². The molecular weight excluding hydrogens is 204 g/mol. The van der Waals surface area contributed by atoms with E-state index in [9.17, 15) is 0 Å². The fraction of sp³-hybridized carbons (Fsp3) is 0.417. The zero-order valence-electron chi connectivity index (χ0n) is 8.94. The molecule has 0 aliphatic rings. The molecule has 0 heterocycles. The third kappa shape index (κ3) is 3.94. The first-order chi connectivity index (χ1) is 7.27. The minimum absolute atomic E-state index is 0.00896. The number of nitrogens with two attached hydrogens (primary N) is 1. The van der Waals surface area contributed by atoms with Crippen molar-refractivity contribution in [1.29, 1.82) is 5.26 Å². The molecule has 0 fully saturated rings. The van der Waals surface area contributed by atoms with Gasteiger partial charge in [-0.15, -0.1) is 11.8 Å². The quantitative estimate of drug-likeness (QED) is 0.776. The first-order valence-corrected chi connectivity index (χ1v) is 6.11. The van der Waals surface area contributed by atoms with Crippen LogP contribution in [0.5, 0.6) is 0 Å². The van der Waals surface area contributed by atoms with Crippen LogP contribution in [0, 0.1) is 11.3 Å². The monoisotopic (exact) mass is 220 g/mol. The van der Waals surface area contributed by atoms with Crippen LogP contribution in [0.3, 0.4) is 0 Å². The van der Waals surface area contributed by atoms with Crippen LogP contribution in [-0.2, 0) is 0 Å². The molecule has 1 aromatic rings. The van der Waals surface area contributed by atoms with Crippen LogP contribution in [-0.4, -0.2) is 5.75 Å². The summed E-state index contributed by atoms with van der Waals surface area (Å²) in [6, 6.07) is 10.4. The van der Waals surface area contributed by atoms with Gasteiger partial charge in [0, 0.05) is 17.4 Å².